The molecule has 0 radical (unpaired) electrons. The number of furan rings is 4. The molecule has 0 unspecified atom stereocenters. The zero-order valence-corrected chi connectivity index (χ0v) is 85.8. The third-order valence-electron chi connectivity index (χ3n) is 22.6. The number of ether oxygens (including phenoxy) is 8. The number of anilines is 3. The van der Waals surface area contributed by atoms with Crippen molar-refractivity contribution in [2.24, 2.45) is 21.1 Å². The number of hydrogen-bond donors (Lipinski definition) is 2. The minimum absolute atomic E-state index is 0.000991. The SMILES string of the molecule is CCOC(=O)N(c1c(C(=O)N(C)OC)oc2ncc(Br)cc12)[C@H]1CCO[C@@H](CC)C1.CCOC(=O)N(c1c(C(=O)c2cnn(C)c2)oc2ncc(Br)cc12)[C@H]1CCO[C@@H](CC)C1.CCOC(=O)c1oc2ncc(Br)cc2c1N(C(=O)OCC)[C@H]1CCO[C@@H](CC)C1.CC[C@H]1C[C@@H](n2c(=O)nc(-c3cnn(C)c3)c3oc4ncc(Br)cc4c32)CCO1.Cn1cc(I)cn1.OB(O)c1cccnc1. The van der Waals surface area contributed by atoms with Crippen molar-refractivity contribution in [3.8, 4) is 11.3 Å². The molecule has 4 aliphatic heterocycles. The molecule has 4 saturated heterocycles. The topological polar surface area (TPSA) is 444 Å². The van der Waals surface area contributed by atoms with Crippen LogP contribution < -0.4 is 25.9 Å². The first-order valence-electron chi connectivity index (χ1n) is 44.5. The van der Waals surface area contributed by atoms with Crippen molar-refractivity contribution in [1.82, 2.24) is 68.9 Å². The van der Waals surface area contributed by atoms with Gasteiger partial charge in [-0.1, -0.05) is 33.8 Å². The number of hydroxylamine groups is 2. The fourth-order valence-electron chi connectivity index (χ4n) is 16.1. The average Bonchev–Trinajstić information content (AvgIpc) is 1.57. The maximum atomic E-state index is 13.4. The zero-order valence-electron chi connectivity index (χ0n) is 77.3. The second-order valence-electron chi connectivity index (χ2n) is 31.6. The number of nitrogens with zero attached hydrogens (tertiary/aromatic N) is 17. The molecule has 17 heterocycles. The molecule has 45 heteroatoms. The van der Waals surface area contributed by atoms with E-state index in [1.54, 1.807) is 127 Å². The van der Waals surface area contributed by atoms with Crippen molar-refractivity contribution < 1.29 is 99.2 Å². The van der Waals surface area contributed by atoms with Gasteiger partial charge >= 0.3 is 43.0 Å². The van der Waals surface area contributed by atoms with E-state index in [-0.39, 0.29) is 121 Å². The maximum absolute atomic E-state index is 13.4. The van der Waals surface area contributed by atoms with Gasteiger partial charge in [0.1, 0.15) is 28.3 Å². The molecule has 4 amide bonds. The quantitative estimate of drug-likeness (QED) is 0.0159. The number of halogens is 5. The van der Waals surface area contributed by atoms with Crippen molar-refractivity contribution in [2.45, 2.75) is 181 Å². The summed E-state index contributed by atoms with van der Waals surface area (Å²) >= 11 is 16.0. The van der Waals surface area contributed by atoms with Crippen LogP contribution in [0.2, 0.25) is 0 Å². The smallest absolute Gasteiger partial charge is 0.460 e. The molecule has 0 saturated carbocycles. The largest absolute Gasteiger partial charge is 0.490 e. The van der Waals surface area contributed by atoms with Crippen LogP contribution in [0, 0.1) is 3.57 Å². The number of carbonyl (C=O) groups excluding carboxylic acids is 6. The Bertz CT molecular complexity index is 6330. The van der Waals surface area contributed by atoms with E-state index in [0.29, 0.717) is 140 Å². The van der Waals surface area contributed by atoms with Gasteiger partial charge in [-0.2, -0.15) is 20.3 Å². The highest BCUT2D eigenvalue weighted by atomic mass is 127. The van der Waals surface area contributed by atoms with Crippen LogP contribution in [0.5, 0.6) is 0 Å². The van der Waals surface area contributed by atoms with Gasteiger partial charge in [-0.25, -0.2) is 49.0 Å². The van der Waals surface area contributed by atoms with Gasteiger partial charge in [0.2, 0.25) is 45.9 Å². The van der Waals surface area contributed by atoms with E-state index < -0.39 is 37.3 Å². The Morgan fingerprint density at radius 3 is 1.33 bits per heavy atom. The lowest BCUT2D eigenvalue weighted by Crippen LogP contribution is -2.46. The second kappa shape index (κ2) is 49.2. The fourth-order valence-corrected chi connectivity index (χ4v) is 17.9. The Balaban J connectivity index is 0.000000154. The van der Waals surface area contributed by atoms with Crippen molar-refractivity contribution in [3.05, 3.63) is 166 Å². The Labute approximate surface area is 830 Å². The van der Waals surface area contributed by atoms with E-state index in [1.165, 1.54) is 44.6 Å². The third kappa shape index (κ3) is 25.3. The summed E-state index contributed by atoms with van der Waals surface area (Å²) in [4.78, 5) is 127. The number of rotatable bonds is 22. The Hall–Kier alpha value is -10.5. The van der Waals surface area contributed by atoms with Crippen LogP contribution in [0.15, 0.2) is 151 Å². The number of amides is 4. The highest BCUT2D eigenvalue weighted by Gasteiger charge is 2.43. The normalized spacial score (nSPS) is 18.0. The molecule has 13 aromatic heterocycles. The Morgan fingerprint density at radius 2 is 0.934 bits per heavy atom. The lowest BCUT2D eigenvalue weighted by atomic mass is 9.82. The predicted octanol–water partition coefficient (Wildman–Crippen LogP) is 16.9. The van der Waals surface area contributed by atoms with Crippen molar-refractivity contribution in [1.29, 1.82) is 0 Å². The van der Waals surface area contributed by atoms with E-state index >= 15 is 0 Å². The van der Waals surface area contributed by atoms with Gasteiger partial charge in [0.15, 0.2) is 5.58 Å². The van der Waals surface area contributed by atoms with Gasteiger partial charge in [-0.05, 0) is 221 Å². The van der Waals surface area contributed by atoms with E-state index in [1.807, 2.05) is 59.5 Å². The molecule has 136 heavy (non-hydrogen) atoms. The van der Waals surface area contributed by atoms with Crippen molar-refractivity contribution >= 4 is 207 Å². The number of ketones is 1. The van der Waals surface area contributed by atoms with Gasteiger partial charge in [-0.15, -0.1) is 0 Å². The Kier molecular flexibility index (Phi) is 37.8. The summed E-state index contributed by atoms with van der Waals surface area (Å²) in [5, 5.41) is 32.8. The van der Waals surface area contributed by atoms with Gasteiger partial charge < -0.3 is 65.6 Å². The minimum Gasteiger partial charge on any atom is -0.460 e. The molecule has 2 N–H and O–H groups in total. The van der Waals surface area contributed by atoms with E-state index in [2.05, 4.69) is 138 Å². The summed E-state index contributed by atoms with van der Waals surface area (Å²) in [6.07, 6.45) is 27.0. The molecule has 13 aromatic rings. The highest BCUT2D eigenvalue weighted by Crippen LogP contribution is 2.45. The van der Waals surface area contributed by atoms with Crippen LogP contribution in [-0.4, -0.2) is 232 Å². The number of pyridine rings is 5. The van der Waals surface area contributed by atoms with Gasteiger partial charge in [-0.3, -0.25) is 52.7 Å². The van der Waals surface area contributed by atoms with Crippen LogP contribution in [0.4, 0.5) is 31.4 Å². The summed E-state index contributed by atoms with van der Waals surface area (Å²) in [6.45, 7) is 18.2. The maximum Gasteiger partial charge on any atom is 0.490 e. The summed E-state index contributed by atoms with van der Waals surface area (Å²) < 4.78 is 79.0. The number of aromatic nitrogens is 13. The first kappa shape index (κ1) is 104. The molecule has 4 aliphatic rings. The van der Waals surface area contributed by atoms with Crippen LogP contribution in [0.3, 0.4) is 0 Å². The van der Waals surface area contributed by atoms with Crippen LogP contribution in [0.1, 0.15) is 176 Å². The molecule has 0 aromatic carbocycles. The molecule has 0 bridgehead atoms. The van der Waals surface area contributed by atoms with Gasteiger partial charge in [0.25, 0.3) is 0 Å². The molecule has 17 rings (SSSR count). The molecule has 0 spiro atoms. The summed E-state index contributed by atoms with van der Waals surface area (Å²) in [5.41, 5.74) is 5.25. The summed E-state index contributed by atoms with van der Waals surface area (Å²) in [7, 11) is 6.90. The minimum atomic E-state index is -1.40. The molecule has 8 atom stereocenters. The lowest BCUT2D eigenvalue weighted by Gasteiger charge is -2.36. The zero-order chi connectivity index (χ0) is 97.7. The molecular formula is C91H107BBr4IN17O22. The highest BCUT2D eigenvalue weighted by molar-refractivity contribution is 14.1. The molecular weight excluding hydrogens is 2140 g/mol. The van der Waals surface area contributed by atoms with Crippen molar-refractivity contribution in [3.63, 3.8) is 0 Å². The predicted molar refractivity (Wildman–Crippen MR) is 526 cm³/mol. The number of esters is 1. The van der Waals surface area contributed by atoms with Crippen LogP contribution in [0.25, 0.3) is 66.8 Å². The summed E-state index contributed by atoms with van der Waals surface area (Å²) in [5.74, 6) is -1.62. The monoisotopic (exact) mass is 2240 g/mol. The van der Waals surface area contributed by atoms with E-state index in [0.717, 1.165) is 64.5 Å². The molecule has 39 nitrogen and oxygen atoms in total. The first-order valence-corrected chi connectivity index (χ1v) is 48.7. The lowest BCUT2D eigenvalue weighted by molar-refractivity contribution is -0.0772. The number of carbonyl (C=O) groups is 6. The Morgan fingerprint density at radius 1 is 0.515 bits per heavy atom. The first-order chi connectivity index (χ1) is 65.5. The van der Waals surface area contributed by atoms with Gasteiger partial charge in [0.05, 0.1) is 107 Å². The molecule has 726 valence electrons. The van der Waals surface area contributed by atoms with Crippen LogP contribution in [-0.2, 0) is 63.9 Å². The number of fused-ring (bicyclic) bond motifs is 6. The van der Waals surface area contributed by atoms with Crippen LogP contribution >= 0.6 is 86.3 Å². The second-order valence-corrected chi connectivity index (χ2v) is 36.5. The third-order valence-corrected chi connectivity index (χ3v) is 24.9. The van der Waals surface area contributed by atoms with Crippen molar-refractivity contribution in [2.75, 3.05) is 81.7 Å². The summed E-state index contributed by atoms with van der Waals surface area (Å²) in [6, 6.07) is 9.87. The molecule has 4 fully saturated rings. The fraction of sp³-hybridized carbons (Fsp3) is 0.451. The van der Waals surface area contributed by atoms with E-state index in [4.69, 9.17) is 70.4 Å². The average molecular weight is 2250 g/mol. The number of aryl methyl sites for hydroxylation is 3. The van der Waals surface area contributed by atoms with E-state index in [9.17, 15) is 33.6 Å². The standard InChI is InChI=1S/C22H25BrN4O5.C20H20BrN5O3.C20H26BrN3O6.C20H25BrN2O6.C5H6BNO2.C4H5IN2/c1-4-16-9-15(6-7-31-16)27(22(29)30-5-2)18-17-8-14(23)11-24-21(17)32-20(18)19(28)13-10-25-26(3)12-13;1-3-14-7-13(4-5-28-14)26-17-15-6-12(21)9-22-19(15)29-18(17)16(24-20(26)27)11-8-23-25(2)10-11;1-5-14-10-13(7-8-29-14)24(20(26)28-6-2)16-15-9-12(21)11-22-18(15)30-17(16)19(25)23(3)27-4;1-4-14-10-13(7-8-28-14)23(20(25)27-6-3)16-15-9-12(21)11-22-18(15)29-17(16)19(24)26-5-2;8-6(9)5-2-1-3-7-4-5;1-7-3-4(5)2-6-7/h8,10-12,15-16H,4-7,9H2,1-3H3;6,8-10,13-14H,3-5,7H2,1-2H3;9,11,13-14H,5-8,10H2,1-4H3;9,11,13-14H,4-8,10H2,1-3H3;1-4,8-9H;2-3H,1H3/t15-,16-;3*13-,14-;;/m0000../s1. The molecule has 0 aliphatic carbocycles. The number of hydrogen-bond acceptors (Lipinski definition) is 31. The van der Waals surface area contributed by atoms with Gasteiger partial charge in [0, 0.05) is 163 Å².